The number of nitrogens with zero attached hydrogens (tertiary/aromatic N) is 4. The average molecular weight is 1050 g/mol. The number of hydrogen-bond donors (Lipinski definition) is 1. The number of fused-ring (bicyclic) bond motifs is 3. The maximum atomic E-state index is 11.3. The molecule has 10 aromatic rings. The zero-order valence-corrected chi connectivity index (χ0v) is 40.6. The van der Waals surface area contributed by atoms with Crippen LogP contribution in [0, 0.1) is 17.4 Å². The molecule has 0 atom stereocenters. The summed E-state index contributed by atoms with van der Waals surface area (Å²) in [7, 11) is 0. The Bertz CT molecular complexity index is 3500. The molecule has 0 amide bonds. The molecule has 3 heterocycles. The molecule has 0 saturated carbocycles. The van der Waals surface area contributed by atoms with Gasteiger partial charge in [-0.1, -0.05) is 173 Å². The van der Waals surface area contributed by atoms with Crippen molar-refractivity contribution in [1.82, 2.24) is 14.5 Å². The number of benzene rings is 7. The minimum atomic E-state index is -0.0986. The normalized spacial score (nSPS) is 11.7. The van der Waals surface area contributed by atoms with E-state index < -0.39 is 0 Å². The van der Waals surface area contributed by atoms with Crippen LogP contribution in [0.4, 0.5) is 0 Å². The number of rotatable bonds is 7. The van der Waals surface area contributed by atoms with Crippen molar-refractivity contribution < 1.29 is 26.2 Å². The fourth-order valence-corrected chi connectivity index (χ4v) is 9.00. The zero-order chi connectivity index (χ0) is 45.7. The molecule has 0 fully saturated rings. The van der Waals surface area contributed by atoms with Crippen LogP contribution >= 0.6 is 0 Å². The van der Waals surface area contributed by atoms with Crippen molar-refractivity contribution in [2.24, 2.45) is 0 Å². The van der Waals surface area contributed by atoms with Crippen molar-refractivity contribution in [3.05, 3.63) is 205 Å². The van der Waals surface area contributed by atoms with Crippen LogP contribution in [0.2, 0.25) is 0 Å². The molecule has 0 bridgehead atoms. The molecule has 7 aromatic carbocycles. The van der Waals surface area contributed by atoms with Crippen molar-refractivity contribution >= 4 is 21.8 Å². The number of para-hydroxylation sites is 4. The maximum absolute atomic E-state index is 11.3. The summed E-state index contributed by atoms with van der Waals surface area (Å²) in [5, 5.41) is 23.7. The Balaban J connectivity index is 0.00000562. The summed E-state index contributed by atoms with van der Waals surface area (Å²) in [5.74, 6) is 0.147. The van der Waals surface area contributed by atoms with Crippen LogP contribution in [-0.2, 0) is 31.9 Å². The number of phenolic OH excluding ortho intramolecular Hbond substituents is 1. The molecule has 5 nitrogen and oxygen atoms in total. The minimum absolute atomic E-state index is 0. The average Bonchev–Trinajstić information content (AvgIpc) is 3.68. The molecule has 67 heavy (non-hydrogen) atoms. The zero-order valence-electron chi connectivity index (χ0n) is 38.4. The Kier molecular flexibility index (Phi) is 11.9. The molecular weight excluding hydrogens is 1000 g/mol. The quantitative estimate of drug-likeness (QED) is 0.161. The van der Waals surface area contributed by atoms with E-state index in [0.29, 0.717) is 22.5 Å². The van der Waals surface area contributed by atoms with Crippen molar-refractivity contribution in [2.75, 3.05) is 0 Å². The molecule has 6 heteroatoms. The molecule has 10 rings (SSSR count). The van der Waals surface area contributed by atoms with Gasteiger partial charge in [-0.3, -0.25) is 9.97 Å². The van der Waals surface area contributed by atoms with E-state index in [1.54, 1.807) is 6.07 Å². The topological polar surface area (TPSA) is 74.7 Å². The largest absolute Gasteiger partial charge is 0.507 e. The molecule has 0 radical (unpaired) electrons. The Hall–Kier alpha value is -7.38. The fourth-order valence-electron chi connectivity index (χ4n) is 9.00. The standard InChI is InChI=1S/C61H49N4O.Pt/c1-60(2,3)45-31-43(32-46(37-45)61(4,5)6)44-35-55(52-21-11-13-25-58(52)66)64-56(36-44)53-33-42(26-27-48(53)40-17-14-16-39(30-40)38-62)54-34-41(28-29-63-54)49-22-15-23-51-50-20-10-12-24-57(50)65(59(49)51)47-18-8-7-9-19-47;/h7-32,34-37,66H,1-6H3;/q-1;. The number of phenols is 1. The SMILES string of the molecule is CC(C)(C)c1cc(-c2cc(-c3[c-]c(-c4cc(-c5cccc6c7ccccc7n(-c7ccccc7)c56)ccn4)ccc3-c3cccc(C#N)c3)nc(-c3ccccc3O)c2)cc(C(C)(C)C)c1.[Pt]. The molecular formula is C61H49N4OPt-. The third kappa shape index (κ3) is 8.62. The predicted octanol–water partition coefficient (Wildman–Crippen LogP) is 15.5. The molecule has 0 aliphatic rings. The second-order valence-electron chi connectivity index (χ2n) is 19.1. The monoisotopic (exact) mass is 1050 g/mol. The first kappa shape index (κ1) is 44.8. The van der Waals surface area contributed by atoms with Gasteiger partial charge in [-0.2, -0.15) is 5.26 Å². The van der Waals surface area contributed by atoms with Gasteiger partial charge in [0.2, 0.25) is 0 Å². The first-order chi connectivity index (χ1) is 31.8. The van der Waals surface area contributed by atoms with Crippen LogP contribution in [0.3, 0.4) is 0 Å². The van der Waals surface area contributed by atoms with Crippen LogP contribution in [-0.4, -0.2) is 19.6 Å². The second kappa shape index (κ2) is 17.8. The molecule has 3 aromatic heterocycles. The summed E-state index contributed by atoms with van der Waals surface area (Å²) >= 11 is 0. The van der Waals surface area contributed by atoms with Gasteiger partial charge in [-0.05, 0) is 93.2 Å². The summed E-state index contributed by atoms with van der Waals surface area (Å²) in [4.78, 5) is 10.3. The first-order valence-corrected chi connectivity index (χ1v) is 22.4. The molecule has 0 aliphatic heterocycles. The summed E-state index contributed by atoms with van der Waals surface area (Å²) in [6.07, 6.45) is 1.88. The molecule has 0 unspecified atom stereocenters. The smallest absolute Gasteiger partial charge is 0.124 e. The first-order valence-electron chi connectivity index (χ1n) is 22.4. The van der Waals surface area contributed by atoms with Crippen molar-refractivity contribution in [1.29, 1.82) is 5.26 Å². The summed E-state index contributed by atoms with van der Waals surface area (Å²) in [6, 6.07) is 66.3. The minimum Gasteiger partial charge on any atom is -0.507 e. The Morgan fingerprint density at radius 2 is 1.16 bits per heavy atom. The molecule has 0 saturated heterocycles. The number of aromatic nitrogens is 3. The molecule has 0 aliphatic carbocycles. The summed E-state index contributed by atoms with van der Waals surface area (Å²) in [5.41, 5.74) is 16.3. The number of nitriles is 1. The van der Waals surface area contributed by atoms with E-state index in [1.807, 2.05) is 48.7 Å². The van der Waals surface area contributed by atoms with Gasteiger partial charge in [-0.15, -0.1) is 18.2 Å². The van der Waals surface area contributed by atoms with Crippen molar-refractivity contribution in [3.63, 3.8) is 0 Å². The van der Waals surface area contributed by atoms with Crippen LogP contribution < -0.4 is 0 Å². The van der Waals surface area contributed by atoms with E-state index in [-0.39, 0.29) is 37.6 Å². The van der Waals surface area contributed by atoms with E-state index in [9.17, 15) is 10.4 Å². The van der Waals surface area contributed by atoms with E-state index in [2.05, 4.69) is 186 Å². The van der Waals surface area contributed by atoms with E-state index in [1.165, 1.54) is 21.9 Å². The van der Waals surface area contributed by atoms with Gasteiger partial charge in [0.15, 0.2) is 0 Å². The fraction of sp³-hybridized carbons (Fsp3) is 0.131. The number of pyridine rings is 2. The van der Waals surface area contributed by atoms with Gasteiger partial charge in [0, 0.05) is 66.2 Å². The third-order valence-corrected chi connectivity index (χ3v) is 12.6. The second-order valence-corrected chi connectivity index (χ2v) is 19.1. The van der Waals surface area contributed by atoms with Crippen molar-refractivity contribution in [3.8, 4) is 84.7 Å². The Labute approximate surface area is 407 Å². The molecule has 1 N–H and O–H groups in total. The summed E-state index contributed by atoms with van der Waals surface area (Å²) < 4.78 is 2.36. The van der Waals surface area contributed by atoms with Crippen molar-refractivity contribution in [2.45, 2.75) is 52.4 Å². The van der Waals surface area contributed by atoms with E-state index in [4.69, 9.17) is 9.97 Å². The molecule has 0 spiro atoms. The van der Waals surface area contributed by atoms with Crippen LogP contribution in [0.25, 0.3) is 94.6 Å². The third-order valence-electron chi connectivity index (χ3n) is 12.6. The molecule has 330 valence electrons. The van der Waals surface area contributed by atoms with Crippen LogP contribution in [0.5, 0.6) is 5.75 Å². The van der Waals surface area contributed by atoms with Gasteiger partial charge in [0.1, 0.15) is 5.75 Å². The van der Waals surface area contributed by atoms with Gasteiger partial charge in [0.25, 0.3) is 0 Å². The predicted molar refractivity (Wildman–Crippen MR) is 272 cm³/mol. The Morgan fingerprint density at radius 1 is 0.537 bits per heavy atom. The van der Waals surface area contributed by atoms with Gasteiger partial charge >= 0.3 is 0 Å². The van der Waals surface area contributed by atoms with Gasteiger partial charge in [0.05, 0.1) is 28.4 Å². The number of hydrogen-bond acceptors (Lipinski definition) is 4. The van der Waals surface area contributed by atoms with Gasteiger partial charge in [-0.25, -0.2) is 0 Å². The van der Waals surface area contributed by atoms with Crippen LogP contribution in [0.15, 0.2) is 182 Å². The Morgan fingerprint density at radius 3 is 1.91 bits per heavy atom. The van der Waals surface area contributed by atoms with Gasteiger partial charge < -0.3 is 9.67 Å². The van der Waals surface area contributed by atoms with E-state index in [0.717, 1.165) is 66.9 Å². The van der Waals surface area contributed by atoms with E-state index >= 15 is 0 Å². The van der Waals surface area contributed by atoms with Crippen LogP contribution in [0.1, 0.15) is 58.2 Å². The maximum Gasteiger partial charge on any atom is 0.124 e. The summed E-state index contributed by atoms with van der Waals surface area (Å²) in [6.45, 7) is 13.5. The number of aromatic hydroxyl groups is 1.